The van der Waals surface area contributed by atoms with E-state index >= 15 is 0 Å². The van der Waals surface area contributed by atoms with Crippen LogP contribution >= 0.6 is 11.8 Å². The number of carbonyl (C=O) groups excluding carboxylic acids is 3. The van der Waals surface area contributed by atoms with Gasteiger partial charge in [0.15, 0.2) is 11.9 Å². The minimum Gasteiger partial charge on any atom is -0.452 e. The Morgan fingerprint density at radius 1 is 1.07 bits per heavy atom. The lowest BCUT2D eigenvalue weighted by Crippen LogP contribution is -2.30. The van der Waals surface area contributed by atoms with Gasteiger partial charge in [0, 0.05) is 16.1 Å². The van der Waals surface area contributed by atoms with Gasteiger partial charge in [-0.2, -0.15) is 0 Å². The number of Topliss-reactive ketones (excluding diaryl/α,β-unsaturated/α-hetero) is 1. The summed E-state index contributed by atoms with van der Waals surface area (Å²) in [6, 6.07) is 12.9. The van der Waals surface area contributed by atoms with Crippen LogP contribution in [0, 0.1) is 0 Å². The third kappa shape index (κ3) is 5.23. The number of amides is 1. The van der Waals surface area contributed by atoms with Crippen molar-refractivity contribution in [1.29, 1.82) is 0 Å². The second kappa shape index (κ2) is 9.06. The van der Waals surface area contributed by atoms with Gasteiger partial charge in [-0.3, -0.25) is 14.4 Å². The van der Waals surface area contributed by atoms with Crippen LogP contribution in [-0.4, -0.2) is 29.5 Å². The van der Waals surface area contributed by atoms with Crippen molar-refractivity contribution < 1.29 is 19.1 Å². The monoisotopic (exact) mass is 397 g/mol. The molecule has 3 rings (SSSR count). The summed E-state index contributed by atoms with van der Waals surface area (Å²) in [7, 11) is 0. The van der Waals surface area contributed by atoms with E-state index in [0.29, 0.717) is 11.3 Å². The first-order valence-corrected chi connectivity index (χ1v) is 10.3. The normalized spacial score (nSPS) is 13.5. The third-order valence-electron chi connectivity index (χ3n) is 4.66. The van der Waals surface area contributed by atoms with Gasteiger partial charge >= 0.3 is 5.97 Å². The Morgan fingerprint density at radius 2 is 1.79 bits per heavy atom. The number of esters is 1. The van der Waals surface area contributed by atoms with E-state index in [9.17, 15) is 14.4 Å². The Bertz CT molecular complexity index is 892. The van der Waals surface area contributed by atoms with Crippen LogP contribution in [0.3, 0.4) is 0 Å². The van der Waals surface area contributed by atoms with Gasteiger partial charge in [-0.1, -0.05) is 6.07 Å². The lowest BCUT2D eigenvalue weighted by Gasteiger charge is -2.14. The average Bonchev–Trinajstić information content (AvgIpc) is 3.14. The number of anilines is 1. The van der Waals surface area contributed by atoms with Gasteiger partial charge < -0.3 is 10.1 Å². The van der Waals surface area contributed by atoms with Crippen molar-refractivity contribution in [3.05, 3.63) is 59.2 Å². The first kappa shape index (κ1) is 20.1. The highest BCUT2D eigenvalue weighted by molar-refractivity contribution is 8.00. The molecule has 1 aliphatic carbocycles. The maximum absolute atomic E-state index is 12.2. The molecule has 28 heavy (non-hydrogen) atoms. The number of rotatable bonds is 7. The zero-order valence-electron chi connectivity index (χ0n) is 16.0. The molecule has 0 radical (unpaired) electrons. The fourth-order valence-electron chi connectivity index (χ4n) is 3.10. The molecular formula is C22H23NO4S. The van der Waals surface area contributed by atoms with Crippen molar-refractivity contribution in [2.75, 3.05) is 11.1 Å². The van der Waals surface area contributed by atoms with Crippen molar-refractivity contribution >= 4 is 35.1 Å². The molecule has 0 saturated carbocycles. The number of nitrogens with one attached hydrogen (secondary N) is 1. The predicted molar refractivity (Wildman–Crippen MR) is 110 cm³/mol. The molecule has 0 heterocycles. The summed E-state index contributed by atoms with van der Waals surface area (Å²) in [4.78, 5) is 36.6. The number of benzene rings is 2. The summed E-state index contributed by atoms with van der Waals surface area (Å²) >= 11 is 1.42. The molecule has 2 aromatic carbocycles. The smallest absolute Gasteiger partial charge is 0.317 e. The Labute approximate surface area is 168 Å². The molecule has 1 amide bonds. The van der Waals surface area contributed by atoms with Gasteiger partial charge in [0.2, 0.25) is 0 Å². The third-order valence-corrected chi connectivity index (χ3v) is 5.63. The summed E-state index contributed by atoms with van der Waals surface area (Å²) < 4.78 is 5.23. The van der Waals surface area contributed by atoms with Gasteiger partial charge in [-0.05, 0) is 80.6 Å². The molecule has 0 aromatic heterocycles. The molecule has 5 nitrogen and oxygen atoms in total. The Morgan fingerprint density at radius 3 is 2.50 bits per heavy atom. The van der Waals surface area contributed by atoms with Crippen molar-refractivity contribution in [2.45, 2.75) is 44.1 Å². The van der Waals surface area contributed by atoms with Crippen molar-refractivity contribution in [2.24, 2.45) is 0 Å². The van der Waals surface area contributed by atoms with Crippen LogP contribution in [0.15, 0.2) is 47.4 Å². The van der Waals surface area contributed by atoms with Gasteiger partial charge in [-0.25, -0.2) is 0 Å². The van der Waals surface area contributed by atoms with Crippen LogP contribution in [0.4, 0.5) is 5.69 Å². The first-order valence-electron chi connectivity index (χ1n) is 9.28. The van der Waals surface area contributed by atoms with Crippen molar-refractivity contribution in [1.82, 2.24) is 0 Å². The van der Waals surface area contributed by atoms with Crippen LogP contribution in [0.25, 0.3) is 0 Å². The molecule has 0 unspecified atom stereocenters. The summed E-state index contributed by atoms with van der Waals surface area (Å²) in [6.07, 6.45) is 2.52. The maximum atomic E-state index is 12.2. The van der Waals surface area contributed by atoms with E-state index in [1.54, 1.807) is 24.3 Å². The lowest BCUT2D eigenvalue weighted by atomic mass is 10.1. The SMILES string of the molecule is CC(=O)c1ccc(NC(=O)[C@@H](C)OC(=O)CSc2ccc3c(c2)CCC3)cc1. The number of aryl methyl sites for hydroxylation is 2. The molecule has 0 bridgehead atoms. The Balaban J connectivity index is 1.46. The van der Waals surface area contributed by atoms with Gasteiger partial charge in [-0.15, -0.1) is 11.8 Å². The summed E-state index contributed by atoms with van der Waals surface area (Å²) in [6.45, 7) is 3.02. The van der Waals surface area contributed by atoms with Crippen LogP contribution in [0.2, 0.25) is 0 Å². The second-order valence-corrected chi connectivity index (χ2v) is 7.88. The number of carbonyl (C=O) groups is 3. The van der Waals surface area contributed by atoms with Crippen molar-refractivity contribution in [3.8, 4) is 0 Å². The number of thioether (sulfide) groups is 1. The number of hydrogen-bond acceptors (Lipinski definition) is 5. The number of hydrogen-bond donors (Lipinski definition) is 1. The minimum absolute atomic E-state index is 0.0407. The first-order chi connectivity index (χ1) is 13.4. The second-order valence-electron chi connectivity index (χ2n) is 6.83. The van der Waals surface area contributed by atoms with Gasteiger partial charge in [0.1, 0.15) is 0 Å². The highest BCUT2D eigenvalue weighted by Gasteiger charge is 2.18. The van der Waals surface area contributed by atoms with Crippen LogP contribution in [0.5, 0.6) is 0 Å². The molecule has 0 fully saturated rings. The number of ether oxygens (including phenoxy) is 1. The molecule has 0 spiro atoms. The molecule has 2 aromatic rings. The molecule has 1 N–H and O–H groups in total. The summed E-state index contributed by atoms with van der Waals surface area (Å²) in [5, 5.41) is 2.68. The van der Waals surface area contributed by atoms with Crippen LogP contribution in [0.1, 0.15) is 41.8 Å². The highest BCUT2D eigenvalue weighted by Crippen LogP contribution is 2.27. The summed E-state index contributed by atoms with van der Waals surface area (Å²) in [5.74, 6) is -0.725. The van der Waals surface area contributed by atoms with E-state index in [-0.39, 0.29) is 11.5 Å². The molecule has 0 aliphatic heterocycles. The number of ketones is 1. The molecule has 146 valence electrons. The van der Waals surface area contributed by atoms with Gasteiger partial charge in [0.05, 0.1) is 5.75 Å². The fraction of sp³-hybridized carbons (Fsp3) is 0.318. The largest absolute Gasteiger partial charge is 0.452 e. The van der Waals surface area contributed by atoms with E-state index in [1.165, 1.54) is 43.2 Å². The van der Waals surface area contributed by atoms with Crippen molar-refractivity contribution in [3.63, 3.8) is 0 Å². The number of fused-ring (bicyclic) bond motifs is 1. The predicted octanol–water partition coefficient (Wildman–Crippen LogP) is 4.04. The Kier molecular flexibility index (Phi) is 6.52. The topological polar surface area (TPSA) is 72.5 Å². The standard InChI is InChI=1S/C22H23NO4S/c1-14(24)16-6-9-19(10-7-16)23-22(26)15(2)27-21(25)13-28-20-11-8-17-4-3-5-18(17)12-20/h6-12,15H,3-5,13H2,1-2H3,(H,23,26)/t15-/m1/s1. The maximum Gasteiger partial charge on any atom is 0.317 e. The van der Waals surface area contributed by atoms with Gasteiger partial charge in [0.25, 0.3) is 5.91 Å². The summed E-state index contributed by atoms with van der Waals surface area (Å²) in [5.41, 5.74) is 3.88. The molecule has 0 saturated heterocycles. The van der Waals surface area contributed by atoms with E-state index in [2.05, 4.69) is 17.4 Å². The average molecular weight is 397 g/mol. The molecule has 1 atom stereocenters. The fourth-order valence-corrected chi connectivity index (χ4v) is 3.84. The lowest BCUT2D eigenvalue weighted by molar-refractivity contribution is -0.150. The van der Waals surface area contributed by atoms with E-state index < -0.39 is 18.0 Å². The highest BCUT2D eigenvalue weighted by atomic mass is 32.2. The van der Waals surface area contributed by atoms with E-state index in [4.69, 9.17) is 4.74 Å². The van der Waals surface area contributed by atoms with Crippen LogP contribution in [-0.2, 0) is 27.2 Å². The molecule has 6 heteroatoms. The zero-order chi connectivity index (χ0) is 20.1. The molecular weight excluding hydrogens is 374 g/mol. The minimum atomic E-state index is -0.902. The Hall–Kier alpha value is -2.60. The zero-order valence-corrected chi connectivity index (χ0v) is 16.8. The van der Waals surface area contributed by atoms with Crippen LogP contribution < -0.4 is 5.32 Å². The quantitative estimate of drug-likeness (QED) is 0.434. The molecule has 1 aliphatic rings. The van der Waals surface area contributed by atoms with E-state index in [0.717, 1.165) is 17.7 Å². The van der Waals surface area contributed by atoms with E-state index in [1.807, 2.05) is 6.07 Å².